The first-order valence-corrected chi connectivity index (χ1v) is 9.89. The molecule has 0 saturated heterocycles. The average Bonchev–Trinajstić information content (AvgIpc) is 2.73. The molecule has 1 aliphatic heterocycles. The zero-order valence-corrected chi connectivity index (χ0v) is 17.6. The van der Waals surface area contributed by atoms with Crippen LogP contribution in [0.25, 0.3) is 0 Å². The van der Waals surface area contributed by atoms with Gasteiger partial charge in [-0.05, 0) is 45.0 Å². The first-order valence-electron chi connectivity index (χ1n) is 9.89. The fourth-order valence-electron chi connectivity index (χ4n) is 3.08. The van der Waals surface area contributed by atoms with Crippen molar-refractivity contribution in [3.8, 4) is 23.0 Å². The number of hydrogen-bond donors (Lipinski definition) is 1. The first-order chi connectivity index (χ1) is 14.5. The van der Waals surface area contributed by atoms with Gasteiger partial charge >= 0.3 is 0 Å². The molecule has 1 N–H and O–H groups in total. The maximum Gasteiger partial charge on any atom is 0.264 e. The number of amides is 2. The van der Waals surface area contributed by atoms with E-state index in [9.17, 15) is 9.59 Å². The third-order valence-corrected chi connectivity index (χ3v) is 4.48. The van der Waals surface area contributed by atoms with Crippen LogP contribution in [-0.2, 0) is 4.79 Å². The van der Waals surface area contributed by atoms with Crippen LogP contribution < -0.4 is 29.2 Å². The van der Waals surface area contributed by atoms with E-state index >= 15 is 0 Å². The largest absolute Gasteiger partial charge is 0.490 e. The van der Waals surface area contributed by atoms with Crippen LogP contribution in [0.15, 0.2) is 30.3 Å². The third-order valence-electron chi connectivity index (χ3n) is 4.48. The minimum Gasteiger partial charge on any atom is -0.490 e. The number of nitrogens with zero attached hydrogens (tertiary/aromatic N) is 1. The fourth-order valence-corrected chi connectivity index (χ4v) is 3.08. The number of likely N-dealkylation sites (N-methyl/N-ethyl adjacent to an activating group) is 1. The number of carbonyl (C=O) groups excluding carboxylic acids is 2. The molecule has 0 aliphatic carbocycles. The molecule has 0 spiro atoms. The van der Waals surface area contributed by atoms with Gasteiger partial charge in [0.05, 0.1) is 25.5 Å². The predicted octanol–water partition coefficient (Wildman–Crippen LogP) is 3.49. The van der Waals surface area contributed by atoms with E-state index in [0.717, 1.165) is 0 Å². The molecule has 0 saturated carbocycles. The zero-order valence-electron chi connectivity index (χ0n) is 17.6. The van der Waals surface area contributed by atoms with Gasteiger partial charge in [0.25, 0.3) is 11.8 Å². The Labute approximate surface area is 175 Å². The number of carbonyl (C=O) groups is 2. The summed E-state index contributed by atoms with van der Waals surface area (Å²) in [6.07, 6.45) is 0. The molecule has 0 bridgehead atoms. The molecular weight excluding hydrogens is 388 g/mol. The molecule has 0 unspecified atom stereocenters. The molecule has 2 amide bonds. The van der Waals surface area contributed by atoms with Gasteiger partial charge < -0.3 is 29.2 Å². The number of anilines is 2. The minimum absolute atomic E-state index is 0.0325. The van der Waals surface area contributed by atoms with Crippen LogP contribution in [0.3, 0.4) is 0 Å². The minimum atomic E-state index is -0.333. The lowest BCUT2D eigenvalue weighted by Gasteiger charge is -2.26. The summed E-state index contributed by atoms with van der Waals surface area (Å²) in [5.41, 5.74) is 1.57. The van der Waals surface area contributed by atoms with Gasteiger partial charge in [-0.15, -0.1) is 0 Å². The van der Waals surface area contributed by atoms with Crippen LogP contribution in [0.2, 0.25) is 0 Å². The molecule has 0 atom stereocenters. The van der Waals surface area contributed by atoms with E-state index in [1.807, 2.05) is 20.8 Å². The molecule has 160 valence electrons. The highest BCUT2D eigenvalue weighted by Crippen LogP contribution is 2.39. The second-order valence-electron chi connectivity index (χ2n) is 6.48. The number of fused-ring (bicyclic) bond motifs is 1. The van der Waals surface area contributed by atoms with Crippen LogP contribution in [0.1, 0.15) is 31.1 Å². The Kier molecular flexibility index (Phi) is 6.66. The Morgan fingerprint density at radius 1 is 1.03 bits per heavy atom. The monoisotopic (exact) mass is 414 g/mol. The molecule has 30 heavy (non-hydrogen) atoms. The van der Waals surface area contributed by atoms with Crippen molar-refractivity contribution in [2.75, 3.05) is 43.7 Å². The van der Waals surface area contributed by atoms with Crippen molar-refractivity contribution < 1.29 is 28.5 Å². The fraction of sp³-hybridized carbons (Fsp3) is 0.364. The molecule has 3 rings (SSSR count). The lowest BCUT2D eigenvalue weighted by molar-refractivity contribution is -0.120. The highest BCUT2D eigenvalue weighted by atomic mass is 16.5. The molecule has 8 heteroatoms. The molecule has 2 aromatic carbocycles. The average molecular weight is 414 g/mol. The Morgan fingerprint density at radius 3 is 2.27 bits per heavy atom. The van der Waals surface area contributed by atoms with Crippen LogP contribution in [0.5, 0.6) is 23.0 Å². The summed E-state index contributed by atoms with van der Waals surface area (Å²) in [6.45, 7) is 6.84. The standard InChI is InChI=1S/C22H26N2O6/c1-5-27-18-10-14(11-19(28-6-2)21(18)29-7-3)22(26)23-15-8-9-16-17(12-15)30-13-20(25)24(16)4/h8-12H,5-7,13H2,1-4H3,(H,23,26). The van der Waals surface area contributed by atoms with Crippen LogP contribution in [0.4, 0.5) is 11.4 Å². The quantitative estimate of drug-likeness (QED) is 0.712. The smallest absolute Gasteiger partial charge is 0.264 e. The van der Waals surface area contributed by atoms with Crippen molar-refractivity contribution in [2.24, 2.45) is 0 Å². The maximum absolute atomic E-state index is 12.9. The summed E-state index contributed by atoms with van der Waals surface area (Å²) < 4.78 is 22.5. The van der Waals surface area contributed by atoms with Crippen molar-refractivity contribution in [1.29, 1.82) is 0 Å². The summed E-state index contributed by atoms with van der Waals surface area (Å²) in [4.78, 5) is 26.2. The second-order valence-corrected chi connectivity index (χ2v) is 6.48. The van der Waals surface area contributed by atoms with E-state index in [1.165, 1.54) is 4.90 Å². The Balaban J connectivity index is 1.88. The van der Waals surface area contributed by atoms with E-state index in [1.54, 1.807) is 37.4 Å². The Bertz CT molecular complexity index is 916. The summed E-state index contributed by atoms with van der Waals surface area (Å²) in [6, 6.07) is 8.41. The summed E-state index contributed by atoms with van der Waals surface area (Å²) in [5, 5.41) is 2.85. The normalized spacial score (nSPS) is 12.7. The van der Waals surface area contributed by atoms with E-state index in [-0.39, 0.29) is 18.4 Å². The molecule has 0 radical (unpaired) electrons. The van der Waals surface area contributed by atoms with Crippen LogP contribution in [0, 0.1) is 0 Å². The molecule has 8 nitrogen and oxygen atoms in total. The van der Waals surface area contributed by atoms with Crippen molar-refractivity contribution in [3.63, 3.8) is 0 Å². The molecule has 1 heterocycles. The van der Waals surface area contributed by atoms with Gasteiger partial charge in [-0.25, -0.2) is 0 Å². The Hall–Kier alpha value is -3.42. The highest BCUT2D eigenvalue weighted by molar-refractivity contribution is 6.05. The van der Waals surface area contributed by atoms with Gasteiger partial charge in [0.2, 0.25) is 5.75 Å². The molecule has 2 aromatic rings. The van der Waals surface area contributed by atoms with Crippen molar-refractivity contribution in [2.45, 2.75) is 20.8 Å². The van der Waals surface area contributed by atoms with Crippen LogP contribution >= 0.6 is 0 Å². The number of rotatable bonds is 8. The Morgan fingerprint density at radius 2 is 1.67 bits per heavy atom. The number of benzene rings is 2. The lowest BCUT2D eigenvalue weighted by Crippen LogP contribution is -2.35. The molecule has 0 aromatic heterocycles. The van der Waals surface area contributed by atoms with Gasteiger partial charge in [0.15, 0.2) is 18.1 Å². The number of ether oxygens (including phenoxy) is 4. The highest BCUT2D eigenvalue weighted by Gasteiger charge is 2.23. The van der Waals surface area contributed by atoms with Gasteiger partial charge in [0.1, 0.15) is 5.75 Å². The molecular formula is C22H26N2O6. The second kappa shape index (κ2) is 9.39. The van der Waals surface area contributed by atoms with E-state index < -0.39 is 0 Å². The van der Waals surface area contributed by atoms with Crippen molar-refractivity contribution in [3.05, 3.63) is 35.9 Å². The van der Waals surface area contributed by atoms with Crippen molar-refractivity contribution >= 4 is 23.2 Å². The van der Waals surface area contributed by atoms with Crippen molar-refractivity contribution in [1.82, 2.24) is 0 Å². The first kappa shape index (κ1) is 21.3. The SMILES string of the molecule is CCOc1cc(C(=O)Nc2ccc3c(c2)OCC(=O)N3C)cc(OCC)c1OCC. The van der Waals surface area contributed by atoms with E-state index in [2.05, 4.69) is 5.32 Å². The van der Waals surface area contributed by atoms with E-state index in [4.69, 9.17) is 18.9 Å². The van der Waals surface area contributed by atoms with Gasteiger partial charge in [-0.2, -0.15) is 0 Å². The number of nitrogens with one attached hydrogen (secondary N) is 1. The molecule has 0 fully saturated rings. The maximum atomic E-state index is 12.9. The van der Waals surface area contributed by atoms with Gasteiger partial charge in [0, 0.05) is 24.4 Å². The zero-order chi connectivity index (χ0) is 21.7. The lowest BCUT2D eigenvalue weighted by atomic mass is 10.1. The molecule has 1 aliphatic rings. The van der Waals surface area contributed by atoms with Gasteiger partial charge in [-0.1, -0.05) is 0 Å². The topological polar surface area (TPSA) is 86.3 Å². The predicted molar refractivity (Wildman–Crippen MR) is 113 cm³/mol. The van der Waals surface area contributed by atoms with Crippen LogP contribution in [-0.4, -0.2) is 45.3 Å². The van der Waals surface area contributed by atoms with E-state index in [0.29, 0.717) is 59.8 Å². The number of hydrogen-bond acceptors (Lipinski definition) is 6. The summed E-state index contributed by atoms with van der Waals surface area (Å²) in [7, 11) is 1.69. The third kappa shape index (κ3) is 4.42. The summed E-state index contributed by atoms with van der Waals surface area (Å²) >= 11 is 0. The van der Waals surface area contributed by atoms with Gasteiger partial charge in [-0.3, -0.25) is 9.59 Å². The summed E-state index contributed by atoms with van der Waals surface area (Å²) in [5.74, 6) is 1.45.